The summed E-state index contributed by atoms with van der Waals surface area (Å²) < 4.78 is 5.99. The van der Waals surface area contributed by atoms with Crippen LogP contribution in [0.2, 0.25) is 5.02 Å². The van der Waals surface area contributed by atoms with Crippen LogP contribution in [-0.4, -0.2) is 19.9 Å². The first-order valence-corrected chi connectivity index (χ1v) is 9.81. The van der Waals surface area contributed by atoms with Gasteiger partial charge in [0.05, 0.1) is 16.7 Å². The lowest BCUT2D eigenvalue weighted by Crippen LogP contribution is -2.04. The Hall–Kier alpha value is -3.31. The highest BCUT2D eigenvalue weighted by Gasteiger charge is 2.14. The first-order valence-electron chi connectivity index (χ1n) is 9.43. The lowest BCUT2D eigenvalue weighted by atomic mass is 10.0. The molecule has 1 unspecified atom stereocenters. The van der Waals surface area contributed by atoms with E-state index in [1.807, 2.05) is 62.5 Å². The molecule has 144 valence electrons. The van der Waals surface area contributed by atoms with E-state index in [-0.39, 0.29) is 6.10 Å². The number of aromatic amines is 2. The number of aryl methyl sites for hydroxylation is 1. The molecule has 0 bridgehead atoms. The summed E-state index contributed by atoms with van der Waals surface area (Å²) >= 11 is 6.46. The fourth-order valence-corrected chi connectivity index (χ4v) is 3.95. The average molecular weight is 403 g/mol. The molecule has 0 saturated heterocycles. The number of H-pyrrole nitrogens is 2. The Kier molecular flexibility index (Phi) is 4.25. The molecule has 0 saturated carbocycles. The summed E-state index contributed by atoms with van der Waals surface area (Å²) in [5.41, 5.74) is 5.18. The zero-order chi connectivity index (χ0) is 20.0. The van der Waals surface area contributed by atoms with Crippen LogP contribution in [0.15, 0.2) is 61.1 Å². The van der Waals surface area contributed by atoms with Gasteiger partial charge in [-0.05, 0) is 49.7 Å². The summed E-state index contributed by atoms with van der Waals surface area (Å²) in [6, 6.07) is 14.0. The molecule has 0 amide bonds. The third kappa shape index (κ3) is 3.13. The van der Waals surface area contributed by atoms with Crippen molar-refractivity contribution in [1.82, 2.24) is 19.9 Å². The molecule has 0 aliphatic carbocycles. The fourth-order valence-electron chi connectivity index (χ4n) is 3.73. The van der Waals surface area contributed by atoms with E-state index in [1.165, 1.54) is 0 Å². The van der Waals surface area contributed by atoms with E-state index in [0.717, 1.165) is 50.2 Å². The minimum Gasteiger partial charge on any atom is -0.483 e. The average Bonchev–Trinajstić information content (AvgIpc) is 3.37. The summed E-state index contributed by atoms with van der Waals surface area (Å²) in [6.07, 6.45) is 5.19. The van der Waals surface area contributed by atoms with E-state index in [9.17, 15) is 0 Å². The number of nitrogens with one attached hydrogen (secondary N) is 2. The molecule has 3 heterocycles. The van der Waals surface area contributed by atoms with Crippen LogP contribution in [-0.2, 0) is 0 Å². The molecule has 0 aliphatic heterocycles. The molecule has 5 rings (SSSR count). The number of halogens is 1. The van der Waals surface area contributed by atoms with Crippen molar-refractivity contribution in [2.45, 2.75) is 20.0 Å². The third-order valence-corrected chi connectivity index (χ3v) is 5.38. The topological polar surface area (TPSA) is 66.6 Å². The molecule has 0 radical (unpaired) electrons. The predicted octanol–water partition coefficient (Wildman–Crippen LogP) is 6.21. The molecule has 0 spiro atoms. The van der Waals surface area contributed by atoms with Crippen LogP contribution < -0.4 is 4.74 Å². The van der Waals surface area contributed by atoms with Gasteiger partial charge in [-0.25, -0.2) is 4.98 Å². The van der Waals surface area contributed by atoms with Gasteiger partial charge >= 0.3 is 0 Å². The maximum Gasteiger partial charge on any atom is 0.153 e. The number of fused-ring (bicyclic) bond motifs is 3. The molecule has 2 aromatic carbocycles. The number of pyridine rings is 1. The maximum absolute atomic E-state index is 6.46. The smallest absolute Gasteiger partial charge is 0.153 e. The van der Waals surface area contributed by atoms with Crippen molar-refractivity contribution in [3.05, 3.63) is 77.6 Å². The van der Waals surface area contributed by atoms with E-state index >= 15 is 0 Å². The monoisotopic (exact) mass is 402 g/mol. The van der Waals surface area contributed by atoms with Gasteiger partial charge in [0.25, 0.3) is 0 Å². The summed E-state index contributed by atoms with van der Waals surface area (Å²) in [5.74, 6) is 1.58. The van der Waals surface area contributed by atoms with Crippen LogP contribution in [0.3, 0.4) is 0 Å². The van der Waals surface area contributed by atoms with E-state index in [1.54, 1.807) is 12.4 Å². The SMILES string of the molecule is Cc1nccc2c1[nH]c1c(-c3ccc(OC(C)c4ncc[nH]4)cc3)cc(Cl)cc12. The molecule has 5 nitrogen and oxygen atoms in total. The zero-order valence-corrected chi connectivity index (χ0v) is 16.8. The molecule has 5 aromatic rings. The summed E-state index contributed by atoms with van der Waals surface area (Å²) in [6.45, 7) is 3.97. The summed E-state index contributed by atoms with van der Waals surface area (Å²) in [4.78, 5) is 15.3. The van der Waals surface area contributed by atoms with Crippen LogP contribution in [0.1, 0.15) is 24.5 Å². The minimum absolute atomic E-state index is 0.155. The fraction of sp³-hybridized carbons (Fsp3) is 0.130. The Bertz CT molecular complexity index is 1310. The lowest BCUT2D eigenvalue weighted by molar-refractivity contribution is 0.217. The highest BCUT2D eigenvalue weighted by molar-refractivity contribution is 6.32. The predicted molar refractivity (Wildman–Crippen MR) is 116 cm³/mol. The number of aromatic nitrogens is 4. The third-order valence-electron chi connectivity index (χ3n) is 5.17. The standard InChI is InChI=1S/C23H19ClN4O/c1-13-21-18(7-8-25-13)20-12-16(24)11-19(22(20)28-21)15-3-5-17(6-4-15)29-14(2)23-26-9-10-27-23/h3-12,14,28H,1-2H3,(H,26,27). The van der Waals surface area contributed by atoms with Crippen LogP contribution >= 0.6 is 11.6 Å². The molecular formula is C23H19ClN4O. The second-order valence-electron chi connectivity index (χ2n) is 7.08. The highest BCUT2D eigenvalue weighted by Crippen LogP contribution is 2.37. The van der Waals surface area contributed by atoms with Crippen LogP contribution in [0.5, 0.6) is 5.75 Å². The van der Waals surface area contributed by atoms with Crippen LogP contribution in [0.25, 0.3) is 32.9 Å². The van der Waals surface area contributed by atoms with Crippen molar-refractivity contribution in [3.8, 4) is 16.9 Å². The van der Waals surface area contributed by atoms with Crippen molar-refractivity contribution < 1.29 is 4.74 Å². The van der Waals surface area contributed by atoms with E-state index in [2.05, 4.69) is 19.9 Å². The largest absolute Gasteiger partial charge is 0.483 e. The van der Waals surface area contributed by atoms with Gasteiger partial charge in [-0.3, -0.25) is 4.98 Å². The highest BCUT2D eigenvalue weighted by atomic mass is 35.5. The Labute approximate surface area is 172 Å². The van der Waals surface area contributed by atoms with E-state index in [0.29, 0.717) is 5.02 Å². The number of rotatable bonds is 4. The number of ether oxygens (including phenoxy) is 1. The summed E-state index contributed by atoms with van der Waals surface area (Å²) in [7, 11) is 0. The number of benzene rings is 2. The van der Waals surface area contributed by atoms with Crippen LogP contribution in [0.4, 0.5) is 0 Å². The number of nitrogens with zero attached hydrogens (tertiary/aromatic N) is 2. The van der Waals surface area contributed by atoms with Gasteiger partial charge in [0.1, 0.15) is 11.6 Å². The van der Waals surface area contributed by atoms with Crippen molar-refractivity contribution in [1.29, 1.82) is 0 Å². The lowest BCUT2D eigenvalue weighted by Gasteiger charge is -2.13. The van der Waals surface area contributed by atoms with Gasteiger partial charge in [-0.2, -0.15) is 0 Å². The first-order chi connectivity index (χ1) is 14.1. The molecule has 0 fully saturated rings. The maximum atomic E-state index is 6.46. The van der Waals surface area contributed by atoms with Gasteiger partial charge in [-0.1, -0.05) is 23.7 Å². The Morgan fingerprint density at radius 1 is 0.966 bits per heavy atom. The second kappa shape index (κ2) is 6.94. The molecule has 2 N–H and O–H groups in total. The van der Waals surface area contributed by atoms with Crippen molar-refractivity contribution >= 4 is 33.4 Å². The van der Waals surface area contributed by atoms with E-state index in [4.69, 9.17) is 16.3 Å². The molecule has 3 aromatic heterocycles. The second-order valence-corrected chi connectivity index (χ2v) is 7.52. The summed E-state index contributed by atoms with van der Waals surface area (Å²) in [5, 5.41) is 2.93. The molecule has 1 atom stereocenters. The van der Waals surface area contributed by atoms with Gasteiger partial charge in [0.15, 0.2) is 6.10 Å². The Morgan fingerprint density at radius 3 is 2.55 bits per heavy atom. The van der Waals surface area contributed by atoms with Crippen molar-refractivity contribution in [2.24, 2.45) is 0 Å². The quantitative estimate of drug-likeness (QED) is 0.375. The van der Waals surface area contributed by atoms with Crippen LogP contribution in [0, 0.1) is 6.92 Å². The number of hydrogen-bond donors (Lipinski definition) is 2. The number of hydrogen-bond acceptors (Lipinski definition) is 3. The molecular weight excluding hydrogens is 384 g/mol. The molecule has 0 aliphatic rings. The van der Waals surface area contributed by atoms with E-state index < -0.39 is 0 Å². The van der Waals surface area contributed by atoms with Gasteiger partial charge in [0, 0.05) is 39.9 Å². The zero-order valence-electron chi connectivity index (χ0n) is 16.0. The normalized spacial score (nSPS) is 12.5. The molecule has 29 heavy (non-hydrogen) atoms. The van der Waals surface area contributed by atoms with Gasteiger partial charge in [-0.15, -0.1) is 0 Å². The van der Waals surface area contributed by atoms with Crippen molar-refractivity contribution in [2.75, 3.05) is 0 Å². The van der Waals surface area contributed by atoms with Crippen molar-refractivity contribution in [3.63, 3.8) is 0 Å². The number of imidazole rings is 1. The minimum atomic E-state index is -0.155. The molecule has 6 heteroatoms. The van der Waals surface area contributed by atoms with Gasteiger partial charge in [0.2, 0.25) is 0 Å². The Balaban J connectivity index is 1.55. The van der Waals surface area contributed by atoms with Gasteiger partial charge < -0.3 is 14.7 Å². The first kappa shape index (κ1) is 17.8. The Morgan fingerprint density at radius 2 is 1.79 bits per heavy atom.